The number of aryl methyl sites for hydroxylation is 1. The molecule has 1 heterocycles. The van der Waals surface area contributed by atoms with Crippen LogP contribution in [0.3, 0.4) is 0 Å². The number of rotatable bonds is 3. The maximum Gasteiger partial charge on any atom is 0.146 e. The highest BCUT2D eigenvalue weighted by Gasteiger charge is 2.06. The fourth-order valence-electron chi connectivity index (χ4n) is 1.48. The summed E-state index contributed by atoms with van der Waals surface area (Å²) >= 11 is 5.10. The smallest absolute Gasteiger partial charge is 0.146 e. The van der Waals surface area contributed by atoms with E-state index in [1.165, 1.54) is 10.9 Å². The van der Waals surface area contributed by atoms with E-state index in [4.69, 9.17) is 0 Å². The molecule has 0 aliphatic carbocycles. The van der Waals surface area contributed by atoms with Crippen LogP contribution in [0.15, 0.2) is 34.1 Å². The molecule has 0 spiro atoms. The van der Waals surface area contributed by atoms with Crippen molar-refractivity contribution in [2.45, 2.75) is 13.5 Å². The quantitative estimate of drug-likeness (QED) is 0.875. The first-order valence-electron chi connectivity index (χ1n) is 4.89. The van der Waals surface area contributed by atoms with Crippen molar-refractivity contribution in [3.05, 3.63) is 50.4 Å². The van der Waals surface area contributed by atoms with Crippen molar-refractivity contribution in [3.8, 4) is 0 Å². The van der Waals surface area contributed by atoms with Gasteiger partial charge < -0.3 is 5.32 Å². The molecule has 0 atom stereocenters. The fourth-order valence-corrected chi connectivity index (χ4v) is 2.91. The number of halogens is 2. The summed E-state index contributed by atoms with van der Waals surface area (Å²) in [5, 5.41) is 5.14. The average molecular weight is 300 g/mol. The number of hydrogen-bond acceptors (Lipinski definition) is 2. The summed E-state index contributed by atoms with van der Waals surface area (Å²) in [4.78, 5) is 1.17. The number of para-hydroxylation sites is 1. The molecular formula is C12H11BrFNS. The molecule has 0 bridgehead atoms. The molecular weight excluding hydrogens is 289 g/mol. The molecule has 2 rings (SSSR count). The maximum atomic E-state index is 13.5. The summed E-state index contributed by atoms with van der Waals surface area (Å²) in [6, 6.07) is 7.08. The first-order chi connectivity index (χ1) is 7.68. The molecule has 4 heteroatoms. The van der Waals surface area contributed by atoms with Crippen LogP contribution >= 0.6 is 27.3 Å². The summed E-state index contributed by atoms with van der Waals surface area (Å²) in [5.74, 6) is -0.201. The Labute approximate surface area is 106 Å². The van der Waals surface area contributed by atoms with Crippen molar-refractivity contribution in [2.24, 2.45) is 0 Å². The normalized spacial score (nSPS) is 10.4. The van der Waals surface area contributed by atoms with Crippen molar-refractivity contribution in [1.29, 1.82) is 0 Å². The molecule has 0 aliphatic heterocycles. The van der Waals surface area contributed by atoms with Gasteiger partial charge >= 0.3 is 0 Å². The summed E-state index contributed by atoms with van der Waals surface area (Å²) in [5.41, 5.74) is 1.51. The topological polar surface area (TPSA) is 12.0 Å². The molecule has 0 unspecified atom stereocenters. The van der Waals surface area contributed by atoms with E-state index in [1.807, 2.05) is 24.4 Å². The van der Waals surface area contributed by atoms with Crippen LogP contribution in [0.5, 0.6) is 0 Å². The zero-order valence-corrected chi connectivity index (χ0v) is 11.2. The first-order valence-corrected chi connectivity index (χ1v) is 6.56. The van der Waals surface area contributed by atoms with Gasteiger partial charge in [-0.3, -0.25) is 0 Å². The van der Waals surface area contributed by atoms with Crippen LogP contribution in [0.4, 0.5) is 10.1 Å². The van der Waals surface area contributed by atoms with Gasteiger partial charge in [-0.2, -0.15) is 0 Å². The van der Waals surface area contributed by atoms with Crippen LogP contribution in [0.2, 0.25) is 0 Å². The van der Waals surface area contributed by atoms with Gasteiger partial charge in [-0.1, -0.05) is 12.1 Å². The summed E-state index contributed by atoms with van der Waals surface area (Å²) in [7, 11) is 0. The molecule has 1 N–H and O–H groups in total. The zero-order chi connectivity index (χ0) is 11.5. The average Bonchev–Trinajstić information content (AvgIpc) is 2.64. The van der Waals surface area contributed by atoms with Gasteiger partial charge in [0.05, 0.1) is 12.2 Å². The molecule has 0 saturated carbocycles. The third kappa shape index (κ3) is 2.44. The Morgan fingerprint density at radius 1 is 1.38 bits per heavy atom. The van der Waals surface area contributed by atoms with Crippen molar-refractivity contribution in [2.75, 3.05) is 5.32 Å². The number of benzene rings is 1. The molecule has 84 valence electrons. The van der Waals surface area contributed by atoms with E-state index in [9.17, 15) is 4.39 Å². The highest BCUT2D eigenvalue weighted by atomic mass is 79.9. The Hall–Kier alpha value is -0.870. The van der Waals surface area contributed by atoms with Crippen LogP contribution < -0.4 is 5.32 Å². The highest BCUT2D eigenvalue weighted by molar-refractivity contribution is 9.10. The summed E-state index contributed by atoms with van der Waals surface area (Å²) in [6.45, 7) is 2.54. The number of anilines is 1. The third-order valence-electron chi connectivity index (χ3n) is 2.34. The highest BCUT2D eigenvalue weighted by Crippen LogP contribution is 2.25. The van der Waals surface area contributed by atoms with Crippen molar-refractivity contribution in [3.63, 3.8) is 0 Å². The molecule has 0 amide bonds. The predicted octanol–water partition coefficient (Wildman–Crippen LogP) is 4.57. The Morgan fingerprint density at radius 2 is 2.19 bits per heavy atom. The number of hydrogen-bond donors (Lipinski definition) is 1. The van der Waals surface area contributed by atoms with Gasteiger partial charge in [0.15, 0.2) is 0 Å². The van der Waals surface area contributed by atoms with Crippen molar-refractivity contribution >= 4 is 33.0 Å². The Balaban J connectivity index is 2.14. The molecule has 0 aliphatic rings. The number of nitrogens with one attached hydrogen (secondary N) is 1. The van der Waals surface area contributed by atoms with E-state index >= 15 is 0 Å². The van der Waals surface area contributed by atoms with E-state index in [0.29, 0.717) is 12.2 Å². The molecule has 2 aromatic rings. The SMILES string of the molecule is Cc1cccc(F)c1NCc1sccc1Br. The third-order valence-corrected chi connectivity index (χ3v) is 4.27. The van der Waals surface area contributed by atoms with Gasteiger partial charge in [-0.15, -0.1) is 11.3 Å². The lowest BCUT2D eigenvalue weighted by Crippen LogP contribution is -2.02. The Bertz CT molecular complexity index is 475. The minimum absolute atomic E-state index is 0.201. The Morgan fingerprint density at radius 3 is 2.81 bits per heavy atom. The minimum atomic E-state index is -0.201. The van der Waals surface area contributed by atoms with Crippen LogP contribution in [0, 0.1) is 12.7 Å². The molecule has 1 nitrogen and oxygen atoms in total. The largest absolute Gasteiger partial charge is 0.378 e. The summed E-state index contributed by atoms with van der Waals surface area (Å²) < 4.78 is 14.6. The Kier molecular flexibility index (Phi) is 3.61. The maximum absolute atomic E-state index is 13.5. The zero-order valence-electron chi connectivity index (χ0n) is 8.76. The predicted molar refractivity (Wildman–Crippen MR) is 70.5 cm³/mol. The van der Waals surface area contributed by atoms with Crippen molar-refractivity contribution in [1.82, 2.24) is 0 Å². The van der Waals surface area contributed by atoms with Gasteiger partial charge in [0.1, 0.15) is 5.82 Å². The van der Waals surface area contributed by atoms with Gasteiger partial charge in [0.2, 0.25) is 0 Å². The minimum Gasteiger partial charge on any atom is -0.378 e. The van der Waals surface area contributed by atoms with E-state index in [1.54, 1.807) is 17.4 Å². The lowest BCUT2D eigenvalue weighted by molar-refractivity contribution is 0.629. The molecule has 0 radical (unpaired) electrons. The monoisotopic (exact) mass is 299 g/mol. The van der Waals surface area contributed by atoms with Crippen LogP contribution in [-0.4, -0.2) is 0 Å². The van der Waals surface area contributed by atoms with Gasteiger partial charge in [0.25, 0.3) is 0 Å². The number of thiophene rings is 1. The van der Waals surface area contributed by atoms with E-state index in [2.05, 4.69) is 21.2 Å². The van der Waals surface area contributed by atoms with E-state index < -0.39 is 0 Å². The first kappa shape index (κ1) is 11.6. The van der Waals surface area contributed by atoms with Gasteiger partial charge in [-0.25, -0.2) is 4.39 Å². The van der Waals surface area contributed by atoms with E-state index in [0.717, 1.165) is 10.0 Å². The molecule has 0 saturated heterocycles. The van der Waals surface area contributed by atoms with Crippen LogP contribution in [0.25, 0.3) is 0 Å². The molecule has 0 fully saturated rings. The van der Waals surface area contributed by atoms with Crippen LogP contribution in [0.1, 0.15) is 10.4 Å². The van der Waals surface area contributed by atoms with Crippen molar-refractivity contribution < 1.29 is 4.39 Å². The van der Waals surface area contributed by atoms with E-state index in [-0.39, 0.29) is 5.82 Å². The lowest BCUT2D eigenvalue weighted by Gasteiger charge is -2.09. The van der Waals surface area contributed by atoms with Gasteiger partial charge in [0, 0.05) is 9.35 Å². The molecule has 1 aromatic heterocycles. The fraction of sp³-hybridized carbons (Fsp3) is 0.167. The molecule has 1 aromatic carbocycles. The van der Waals surface area contributed by atoms with Crippen LogP contribution in [-0.2, 0) is 6.54 Å². The second-order valence-corrected chi connectivity index (χ2v) is 5.33. The summed E-state index contributed by atoms with van der Waals surface area (Å²) in [6.07, 6.45) is 0. The second-order valence-electron chi connectivity index (χ2n) is 3.48. The lowest BCUT2D eigenvalue weighted by atomic mass is 10.2. The standard InChI is InChI=1S/C12H11BrFNS/c1-8-3-2-4-10(14)12(8)15-7-11-9(13)5-6-16-11/h2-6,15H,7H2,1H3. The van der Waals surface area contributed by atoms with Gasteiger partial charge in [-0.05, 0) is 45.9 Å². The second kappa shape index (κ2) is 4.97. The molecule has 16 heavy (non-hydrogen) atoms.